The van der Waals surface area contributed by atoms with Crippen LogP contribution >= 0.6 is 0 Å². The van der Waals surface area contributed by atoms with Gasteiger partial charge in [-0.05, 0) is 25.0 Å². The van der Waals surface area contributed by atoms with E-state index in [-0.39, 0.29) is 11.4 Å². The van der Waals surface area contributed by atoms with Crippen LogP contribution in [-0.2, 0) is 10.0 Å². The minimum atomic E-state index is -3.15. The maximum absolute atomic E-state index is 12.3. The van der Waals surface area contributed by atoms with Gasteiger partial charge in [0.05, 0.1) is 12.5 Å². The van der Waals surface area contributed by atoms with Gasteiger partial charge >= 0.3 is 0 Å². The second-order valence-electron chi connectivity index (χ2n) is 6.68. The first-order valence-corrected chi connectivity index (χ1v) is 10.2. The monoisotopic (exact) mass is 355 g/mol. The summed E-state index contributed by atoms with van der Waals surface area (Å²) >= 11 is 0. The zero-order valence-electron chi connectivity index (χ0n) is 14.3. The molecule has 0 radical (unpaired) electrons. The number of furan rings is 1. The quantitative estimate of drug-likeness (QED) is 0.801. The molecule has 0 N–H and O–H groups in total. The van der Waals surface area contributed by atoms with Gasteiger partial charge in [-0.2, -0.15) is 0 Å². The van der Waals surface area contributed by atoms with Crippen LogP contribution in [0, 0.1) is 0 Å². The van der Waals surface area contributed by atoms with Crippen molar-refractivity contribution in [2.75, 3.05) is 45.5 Å². The van der Waals surface area contributed by atoms with Crippen LogP contribution in [0.3, 0.4) is 0 Å². The van der Waals surface area contributed by atoms with Crippen LogP contribution in [0.15, 0.2) is 22.8 Å². The van der Waals surface area contributed by atoms with E-state index < -0.39 is 10.0 Å². The largest absolute Gasteiger partial charge is 0.459 e. The highest BCUT2D eigenvalue weighted by Crippen LogP contribution is 2.33. The minimum Gasteiger partial charge on any atom is -0.459 e. The molecule has 0 aromatic carbocycles. The molecule has 2 fully saturated rings. The predicted molar refractivity (Wildman–Crippen MR) is 90.2 cm³/mol. The zero-order chi connectivity index (χ0) is 17.4. The van der Waals surface area contributed by atoms with E-state index in [9.17, 15) is 13.2 Å². The van der Waals surface area contributed by atoms with Gasteiger partial charge in [0.25, 0.3) is 5.91 Å². The summed E-state index contributed by atoms with van der Waals surface area (Å²) in [6.07, 6.45) is 4.54. The average molecular weight is 355 g/mol. The number of carbonyl (C=O) groups excluding carboxylic acids is 1. The normalized spacial score (nSPS) is 26.8. The summed E-state index contributed by atoms with van der Waals surface area (Å²) in [6, 6.07) is 3.40. The van der Waals surface area contributed by atoms with Gasteiger partial charge in [0.2, 0.25) is 10.0 Å². The van der Waals surface area contributed by atoms with Crippen LogP contribution in [0.25, 0.3) is 0 Å². The summed E-state index contributed by atoms with van der Waals surface area (Å²) < 4.78 is 30.4. The van der Waals surface area contributed by atoms with Crippen LogP contribution in [-0.4, -0.2) is 79.5 Å². The van der Waals surface area contributed by atoms with E-state index in [1.165, 1.54) is 12.5 Å². The lowest BCUT2D eigenvalue weighted by molar-refractivity contribution is 0.0296. The van der Waals surface area contributed by atoms with Crippen molar-refractivity contribution in [1.29, 1.82) is 0 Å². The van der Waals surface area contributed by atoms with Crippen LogP contribution < -0.4 is 0 Å². The standard InChI is InChI=1S/C16H25N3O4S/c1-3-16(6-7-19(13-16)24(2,21)22)18-10-8-17(9-11-18)15(20)14-5-4-12-23-14/h4-5,12H,3,6-11,13H2,1-2H3/t16-/m0/s1. The Morgan fingerprint density at radius 2 is 1.96 bits per heavy atom. The molecule has 0 unspecified atom stereocenters. The fourth-order valence-electron chi connectivity index (χ4n) is 3.81. The second kappa shape index (κ2) is 6.50. The fourth-order valence-corrected chi connectivity index (χ4v) is 4.71. The first kappa shape index (κ1) is 17.4. The molecule has 2 saturated heterocycles. The van der Waals surface area contributed by atoms with Crippen molar-refractivity contribution >= 4 is 15.9 Å². The molecule has 8 heteroatoms. The molecule has 0 saturated carbocycles. The van der Waals surface area contributed by atoms with Crippen LogP contribution in [0.1, 0.15) is 30.3 Å². The van der Waals surface area contributed by atoms with Crippen LogP contribution in [0.4, 0.5) is 0 Å². The van der Waals surface area contributed by atoms with E-state index in [1.54, 1.807) is 16.4 Å². The number of nitrogens with zero attached hydrogens (tertiary/aromatic N) is 3. The number of hydrogen-bond acceptors (Lipinski definition) is 5. The highest BCUT2D eigenvalue weighted by Gasteiger charge is 2.45. The van der Waals surface area contributed by atoms with E-state index in [2.05, 4.69) is 11.8 Å². The fraction of sp³-hybridized carbons (Fsp3) is 0.688. The van der Waals surface area contributed by atoms with Crippen molar-refractivity contribution in [1.82, 2.24) is 14.1 Å². The Morgan fingerprint density at radius 3 is 2.46 bits per heavy atom. The van der Waals surface area contributed by atoms with Gasteiger partial charge in [0.15, 0.2) is 5.76 Å². The molecule has 24 heavy (non-hydrogen) atoms. The Labute approximate surface area is 143 Å². The van der Waals surface area contributed by atoms with Crippen LogP contribution in [0.2, 0.25) is 0 Å². The van der Waals surface area contributed by atoms with Crippen LogP contribution in [0.5, 0.6) is 0 Å². The smallest absolute Gasteiger partial charge is 0.289 e. The van der Waals surface area contributed by atoms with E-state index in [0.29, 0.717) is 31.9 Å². The van der Waals surface area contributed by atoms with E-state index in [4.69, 9.17) is 4.42 Å². The van der Waals surface area contributed by atoms with Gasteiger partial charge in [-0.25, -0.2) is 12.7 Å². The lowest BCUT2D eigenvalue weighted by Gasteiger charge is -2.45. The molecule has 7 nitrogen and oxygen atoms in total. The Kier molecular flexibility index (Phi) is 4.72. The van der Waals surface area contributed by atoms with Gasteiger partial charge in [-0.15, -0.1) is 0 Å². The maximum atomic E-state index is 12.3. The minimum absolute atomic E-state index is 0.0746. The van der Waals surface area contributed by atoms with E-state index >= 15 is 0 Å². The summed E-state index contributed by atoms with van der Waals surface area (Å²) in [4.78, 5) is 16.5. The van der Waals surface area contributed by atoms with Gasteiger partial charge in [-0.3, -0.25) is 9.69 Å². The molecule has 0 spiro atoms. The molecule has 0 bridgehead atoms. The number of sulfonamides is 1. The lowest BCUT2D eigenvalue weighted by Crippen LogP contribution is -2.59. The molecule has 3 rings (SSSR count). The van der Waals surface area contributed by atoms with Crippen molar-refractivity contribution < 1.29 is 17.6 Å². The average Bonchev–Trinajstić information content (AvgIpc) is 3.24. The second-order valence-corrected chi connectivity index (χ2v) is 8.66. The van der Waals surface area contributed by atoms with E-state index in [0.717, 1.165) is 25.9 Å². The first-order chi connectivity index (χ1) is 11.4. The molecule has 1 aromatic rings. The Balaban J connectivity index is 1.64. The number of piperazine rings is 1. The number of carbonyl (C=O) groups is 1. The summed E-state index contributed by atoms with van der Waals surface area (Å²) in [5.41, 5.74) is -0.108. The Bertz CT molecular complexity index is 680. The van der Waals surface area contributed by atoms with E-state index in [1.807, 2.05) is 4.90 Å². The highest BCUT2D eigenvalue weighted by molar-refractivity contribution is 7.88. The third-order valence-corrected chi connectivity index (χ3v) is 6.64. The summed E-state index contributed by atoms with van der Waals surface area (Å²) in [6.45, 7) is 6.05. The number of hydrogen-bond donors (Lipinski definition) is 0. The van der Waals surface area contributed by atoms with Crippen molar-refractivity contribution in [3.63, 3.8) is 0 Å². The van der Waals surface area contributed by atoms with Gasteiger partial charge < -0.3 is 9.32 Å². The SMILES string of the molecule is CC[C@]1(N2CCN(C(=O)c3ccco3)CC2)CCN(S(C)(=O)=O)C1. The summed E-state index contributed by atoms with van der Waals surface area (Å²) in [5.74, 6) is 0.298. The molecular formula is C16H25N3O4S. The first-order valence-electron chi connectivity index (χ1n) is 8.39. The molecular weight excluding hydrogens is 330 g/mol. The lowest BCUT2D eigenvalue weighted by atomic mass is 9.92. The van der Waals surface area contributed by atoms with Gasteiger partial charge in [-0.1, -0.05) is 6.92 Å². The molecule has 2 aliphatic rings. The molecule has 3 heterocycles. The molecule has 134 valence electrons. The molecule has 0 aliphatic carbocycles. The molecule has 1 amide bonds. The predicted octanol–water partition coefficient (Wildman–Crippen LogP) is 0.852. The summed E-state index contributed by atoms with van der Waals surface area (Å²) in [5, 5.41) is 0. The summed E-state index contributed by atoms with van der Waals surface area (Å²) in [7, 11) is -3.15. The molecule has 1 aromatic heterocycles. The third-order valence-electron chi connectivity index (χ3n) is 5.39. The zero-order valence-corrected chi connectivity index (χ0v) is 15.1. The topological polar surface area (TPSA) is 74.1 Å². The van der Waals surface area contributed by atoms with Gasteiger partial charge in [0, 0.05) is 44.8 Å². The highest BCUT2D eigenvalue weighted by atomic mass is 32.2. The molecule has 2 aliphatic heterocycles. The third kappa shape index (κ3) is 3.22. The molecule has 1 atom stereocenters. The van der Waals surface area contributed by atoms with Crippen molar-refractivity contribution in [2.24, 2.45) is 0 Å². The Hall–Kier alpha value is -1.38. The Morgan fingerprint density at radius 1 is 1.25 bits per heavy atom. The van der Waals surface area contributed by atoms with Crippen molar-refractivity contribution in [3.05, 3.63) is 24.2 Å². The van der Waals surface area contributed by atoms with Crippen molar-refractivity contribution in [2.45, 2.75) is 25.3 Å². The van der Waals surface area contributed by atoms with Crippen molar-refractivity contribution in [3.8, 4) is 0 Å². The number of rotatable bonds is 4. The van der Waals surface area contributed by atoms with Gasteiger partial charge in [0.1, 0.15) is 0 Å². The maximum Gasteiger partial charge on any atom is 0.289 e. The number of amides is 1.